The maximum Gasteiger partial charge on any atom is 0.253 e. The Hall–Kier alpha value is -2.09. The highest BCUT2D eigenvalue weighted by Gasteiger charge is 2.34. The largest absolute Gasteiger partial charge is 0.339 e. The fourth-order valence-electron chi connectivity index (χ4n) is 4.98. The minimum Gasteiger partial charge on any atom is -0.339 e. The van der Waals surface area contributed by atoms with Gasteiger partial charge in [-0.3, -0.25) is 13.9 Å². The Morgan fingerprint density at radius 3 is 2.24 bits per heavy atom. The quantitative estimate of drug-likeness (QED) is 0.749. The average molecular weight is 420 g/mol. The molecule has 2 heterocycles. The van der Waals surface area contributed by atoms with Crippen LogP contribution in [0.2, 0.25) is 0 Å². The zero-order valence-electron chi connectivity index (χ0n) is 17.1. The number of piperazine rings is 1. The van der Waals surface area contributed by atoms with Crippen molar-refractivity contribution in [2.75, 3.05) is 36.7 Å². The van der Waals surface area contributed by atoms with Crippen LogP contribution in [0.3, 0.4) is 0 Å². The van der Waals surface area contributed by atoms with Crippen molar-refractivity contribution >= 4 is 27.5 Å². The predicted octanol–water partition coefficient (Wildman–Crippen LogP) is 1.87. The molecule has 1 saturated carbocycles. The van der Waals surface area contributed by atoms with Gasteiger partial charge in [-0.15, -0.1) is 0 Å². The maximum absolute atomic E-state index is 13.0. The number of fused-ring (bicyclic) bond motifs is 1. The molecule has 1 aliphatic carbocycles. The van der Waals surface area contributed by atoms with E-state index < -0.39 is 10.0 Å². The molecule has 0 radical (unpaired) electrons. The van der Waals surface area contributed by atoms with Gasteiger partial charge >= 0.3 is 0 Å². The highest BCUT2D eigenvalue weighted by atomic mass is 32.2. The van der Waals surface area contributed by atoms with Gasteiger partial charge in [0.25, 0.3) is 5.91 Å². The average Bonchev–Trinajstić information content (AvgIpc) is 3.33. The van der Waals surface area contributed by atoms with Crippen molar-refractivity contribution in [3.8, 4) is 0 Å². The summed E-state index contributed by atoms with van der Waals surface area (Å²) in [6, 6.07) is 5.14. The van der Waals surface area contributed by atoms with Gasteiger partial charge in [0.05, 0.1) is 11.9 Å². The van der Waals surface area contributed by atoms with Crippen LogP contribution < -0.4 is 4.31 Å². The second-order valence-electron chi connectivity index (χ2n) is 8.55. The van der Waals surface area contributed by atoms with Crippen molar-refractivity contribution < 1.29 is 18.0 Å². The van der Waals surface area contributed by atoms with Gasteiger partial charge in [0.15, 0.2) is 0 Å². The van der Waals surface area contributed by atoms with Gasteiger partial charge in [-0.05, 0) is 49.9 Å². The Labute approximate surface area is 172 Å². The van der Waals surface area contributed by atoms with Gasteiger partial charge in [-0.1, -0.05) is 12.8 Å². The van der Waals surface area contributed by atoms with Gasteiger partial charge in [-0.2, -0.15) is 0 Å². The van der Waals surface area contributed by atoms with Crippen molar-refractivity contribution in [3.63, 3.8) is 0 Å². The van der Waals surface area contributed by atoms with Gasteiger partial charge in [0.2, 0.25) is 15.9 Å². The number of carbonyl (C=O) groups is 2. The van der Waals surface area contributed by atoms with Crippen LogP contribution in [-0.4, -0.2) is 68.5 Å². The van der Waals surface area contributed by atoms with Crippen LogP contribution in [0.25, 0.3) is 0 Å². The van der Waals surface area contributed by atoms with E-state index in [9.17, 15) is 18.0 Å². The number of sulfonamides is 1. The van der Waals surface area contributed by atoms with Crippen molar-refractivity contribution in [1.29, 1.82) is 0 Å². The molecule has 0 bridgehead atoms. The van der Waals surface area contributed by atoms with E-state index in [1.165, 1.54) is 10.6 Å². The van der Waals surface area contributed by atoms with E-state index in [1.807, 2.05) is 17.9 Å². The SMILES string of the molecule is CC1Cc2cc(C(=O)N3CCN(C(=O)C4CCCC4)CC3)ccc2N1S(C)(=O)=O. The first-order valence-corrected chi connectivity index (χ1v) is 12.3. The smallest absolute Gasteiger partial charge is 0.253 e. The first kappa shape index (κ1) is 20.2. The summed E-state index contributed by atoms with van der Waals surface area (Å²) in [5.74, 6) is 0.377. The predicted molar refractivity (Wildman–Crippen MR) is 111 cm³/mol. The highest BCUT2D eigenvalue weighted by Crippen LogP contribution is 2.35. The molecule has 29 heavy (non-hydrogen) atoms. The number of benzene rings is 1. The molecule has 8 heteroatoms. The van der Waals surface area contributed by atoms with Gasteiger partial charge in [0.1, 0.15) is 0 Å². The third kappa shape index (κ3) is 3.86. The van der Waals surface area contributed by atoms with Crippen LogP contribution >= 0.6 is 0 Å². The number of hydrogen-bond donors (Lipinski definition) is 0. The molecule has 1 atom stereocenters. The van der Waals surface area contributed by atoms with Crippen LogP contribution in [0.5, 0.6) is 0 Å². The molecular weight excluding hydrogens is 390 g/mol. The second-order valence-corrected chi connectivity index (χ2v) is 10.4. The van der Waals surface area contributed by atoms with E-state index in [0.29, 0.717) is 43.9 Å². The third-order valence-electron chi connectivity index (χ3n) is 6.42. The van der Waals surface area contributed by atoms with E-state index in [-0.39, 0.29) is 23.8 Å². The first-order valence-electron chi connectivity index (χ1n) is 10.5. The van der Waals surface area contributed by atoms with Gasteiger partial charge in [-0.25, -0.2) is 8.42 Å². The minimum absolute atomic E-state index is 0.0498. The van der Waals surface area contributed by atoms with Crippen molar-refractivity contribution in [2.24, 2.45) is 5.92 Å². The topological polar surface area (TPSA) is 78.0 Å². The summed E-state index contributed by atoms with van der Waals surface area (Å²) in [5, 5.41) is 0. The lowest BCUT2D eigenvalue weighted by Gasteiger charge is -2.36. The summed E-state index contributed by atoms with van der Waals surface area (Å²) in [4.78, 5) is 29.3. The molecule has 4 rings (SSSR count). The van der Waals surface area contributed by atoms with Crippen LogP contribution in [0.4, 0.5) is 5.69 Å². The van der Waals surface area contributed by atoms with E-state index in [2.05, 4.69) is 0 Å². The molecule has 2 fully saturated rings. The zero-order chi connectivity index (χ0) is 20.8. The van der Waals surface area contributed by atoms with Crippen molar-refractivity contribution in [2.45, 2.75) is 45.1 Å². The zero-order valence-corrected chi connectivity index (χ0v) is 18.0. The summed E-state index contributed by atoms with van der Waals surface area (Å²) in [6.07, 6.45) is 6.09. The third-order valence-corrected chi connectivity index (χ3v) is 7.69. The van der Waals surface area contributed by atoms with Crippen LogP contribution in [-0.2, 0) is 21.2 Å². The summed E-state index contributed by atoms with van der Waals surface area (Å²) < 4.78 is 25.6. The molecule has 3 aliphatic rings. The molecule has 0 aromatic heterocycles. The number of rotatable bonds is 3. The lowest BCUT2D eigenvalue weighted by molar-refractivity contribution is -0.136. The Bertz CT molecular complexity index is 916. The number of nitrogens with zero attached hydrogens (tertiary/aromatic N) is 3. The summed E-state index contributed by atoms with van der Waals surface area (Å²) >= 11 is 0. The van der Waals surface area contributed by atoms with Gasteiger partial charge in [0, 0.05) is 43.7 Å². The molecule has 7 nitrogen and oxygen atoms in total. The molecule has 1 saturated heterocycles. The molecule has 1 aromatic rings. The molecule has 1 aromatic carbocycles. The fourth-order valence-corrected chi connectivity index (χ4v) is 6.25. The van der Waals surface area contributed by atoms with E-state index in [0.717, 1.165) is 31.2 Å². The number of anilines is 1. The Kier molecular flexibility index (Phi) is 5.31. The summed E-state index contributed by atoms with van der Waals surface area (Å²) in [7, 11) is -3.34. The van der Waals surface area contributed by atoms with E-state index in [4.69, 9.17) is 0 Å². The number of amides is 2. The Balaban J connectivity index is 1.42. The molecule has 2 aliphatic heterocycles. The van der Waals surface area contributed by atoms with Crippen LogP contribution in [0.15, 0.2) is 18.2 Å². The molecule has 2 amide bonds. The fraction of sp³-hybridized carbons (Fsp3) is 0.619. The van der Waals surface area contributed by atoms with E-state index >= 15 is 0 Å². The van der Waals surface area contributed by atoms with Crippen LogP contribution in [0.1, 0.15) is 48.5 Å². The maximum atomic E-state index is 13.0. The Morgan fingerprint density at radius 2 is 1.62 bits per heavy atom. The minimum atomic E-state index is -3.34. The highest BCUT2D eigenvalue weighted by molar-refractivity contribution is 7.92. The van der Waals surface area contributed by atoms with Crippen molar-refractivity contribution in [3.05, 3.63) is 29.3 Å². The number of hydrogen-bond acceptors (Lipinski definition) is 4. The first-order chi connectivity index (χ1) is 13.8. The van der Waals surface area contributed by atoms with Crippen molar-refractivity contribution in [1.82, 2.24) is 9.80 Å². The standard InChI is InChI=1S/C21H29N3O4S/c1-15-13-18-14-17(7-8-19(18)24(15)29(2,27)28)21(26)23-11-9-22(10-12-23)20(25)16-5-3-4-6-16/h7-8,14-16H,3-6,9-13H2,1-2H3. The summed E-state index contributed by atoms with van der Waals surface area (Å²) in [6.45, 7) is 4.14. The monoisotopic (exact) mass is 419 g/mol. The van der Waals surface area contributed by atoms with Crippen LogP contribution in [0, 0.1) is 5.92 Å². The normalized spacial score (nSPS) is 22.8. The van der Waals surface area contributed by atoms with Gasteiger partial charge < -0.3 is 9.80 Å². The van der Waals surface area contributed by atoms with E-state index in [1.54, 1.807) is 17.0 Å². The molecule has 1 unspecified atom stereocenters. The molecule has 0 spiro atoms. The molecule has 0 N–H and O–H groups in total. The molecular formula is C21H29N3O4S. The lowest BCUT2D eigenvalue weighted by atomic mass is 10.0. The molecule has 158 valence electrons. The number of carbonyl (C=O) groups excluding carboxylic acids is 2. The second kappa shape index (κ2) is 7.63. The summed E-state index contributed by atoms with van der Waals surface area (Å²) in [5.41, 5.74) is 2.15. The Morgan fingerprint density at radius 1 is 1.00 bits per heavy atom. The lowest BCUT2D eigenvalue weighted by Crippen LogP contribution is -2.51.